The van der Waals surface area contributed by atoms with Gasteiger partial charge < -0.3 is 15.4 Å². The van der Waals surface area contributed by atoms with Crippen molar-refractivity contribution >= 4 is 63.8 Å². The predicted molar refractivity (Wildman–Crippen MR) is 119 cm³/mol. The summed E-state index contributed by atoms with van der Waals surface area (Å²) >= 11 is 13.3. The summed E-state index contributed by atoms with van der Waals surface area (Å²) in [5.74, 6) is -0.135. The summed E-state index contributed by atoms with van der Waals surface area (Å²) in [6, 6.07) is 13.5. The van der Waals surface area contributed by atoms with Gasteiger partial charge in [0.1, 0.15) is 5.75 Å². The summed E-state index contributed by atoms with van der Waals surface area (Å²) in [7, 11) is 1.49. The van der Waals surface area contributed by atoms with Crippen molar-refractivity contribution in [3.8, 4) is 5.75 Å². The second-order valence-electron chi connectivity index (χ2n) is 5.83. The number of carbonyl (C=O) groups excluding carboxylic acids is 2. The standard InChI is InChI=1S/C21H16Cl2N2O3S/c1-28-18-12-15(7-8-17(18)25-21(27)19-3-2-10-29-19)24-20(26)9-5-13-4-6-14(22)11-16(13)23/h2-12H,1H3,(H,24,26)(H,25,27)/b9-5+. The summed E-state index contributed by atoms with van der Waals surface area (Å²) in [5, 5.41) is 8.34. The maximum atomic E-state index is 12.2. The molecule has 1 aromatic heterocycles. The molecule has 0 aliphatic rings. The fourth-order valence-electron chi connectivity index (χ4n) is 2.45. The highest BCUT2D eigenvalue weighted by Gasteiger charge is 2.12. The van der Waals surface area contributed by atoms with Crippen LogP contribution in [-0.2, 0) is 4.79 Å². The van der Waals surface area contributed by atoms with Crippen LogP contribution in [0, 0.1) is 0 Å². The largest absolute Gasteiger partial charge is 0.494 e. The molecule has 0 unspecified atom stereocenters. The van der Waals surface area contributed by atoms with Crippen LogP contribution < -0.4 is 15.4 Å². The molecule has 3 aromatic rings. The Morgan fingerprint density at radius 3 is 2.59 bits per heavy atom. The van der Waals surface area contributed by atoms with Crippen molar-refractivity contribution in [1.82, 2.24) is 0 Å². The van der Waals surface area contributed by atoms with Gasteiger partial charge in [0.15, 0.2) is 0 Å². The first-order chi connectivity index (χ1) is 14.0. The highest BCUT2D eigenvalue weighted by atomic mass is 35.5. The Kier molecular flexibility index (Phi) is 6.93. The molecular weight excluding hydrogens is 431 g/mol. The van der Waals surface area contributed by atoms with Crippen LogP contribution in [0.5, 0.6) is 5.75 Å². The molecule has 0 spiro atoms. The summed E-state index contributed by atoms with van der Waals surface area (Å²) < 4.78 is 5.33. The van der Waals surface area contributed by atoms with Crippen LogP contribution in [0.4, 0.5) is 11.4 Å². The summed E-state index contributed by atoms with van der Waals surface area (Å²) in [4.78, 5) is 25.0. The molecule has 0 atom stereocenters. The molecule has 0 fully saturated rings. The van der Waals surface area contributed by atoms with Gasteiger partial charge >= 0.3 is 0 Å². The van der Waals surface area contributed by atoms with Crippen molar-refractivity contribution in [2.24, 2.45) is 0 Å². The number of thiophene rings is 1. The van der Waals surface area contributed by atoms with Crippen molar-refractivity contribution in [2.75, 3.05) is 17.7 Å². The smallest absolute Gasteiger partial charge is 0.265 e. The van der Waals surface area contributed by atoms with E-state index in [-0.39, 0.29) is 11.8 Å². The molecule has 3 rings (SSSR count). The average Bonchev–Trinajstić information content (AvgIpc) is 3.23. The Balaban J connectivity index is 1.68. The lowest BCUT2D eigenvalue weighted by Gasteiger charge is -2.12. The number of halogens is 2. The van der Waals surface area contributed by atoms with Crippen LogP contribution in [0.1, 0.15) is 15.2 Å². The van der Waals surface area contributed by atoms with E-state index in [1.807, 2.05) is 5.38 Å². The van der Waals surface area contributed by atoms with Gasteiger partial charge in [-0.1, -0.05) is 35.3 Å². The number of hydrogen-bond donors (Lipinski definition) is 2. The number of methoxy groups -OCH3 is 1. The molecule has 1 heterocycles. The lowest BCUT2D eigenvalue weighted by molar-refractivity contribution is -0.111. The van der Waals surface area contributed by atoms with Crippen molar-refractivity contribution in [2.45, 2.75) is 0 Å². The van der Waals surface area contributed by atoms with E-state index in [0.717, 1.165) is 0 Å². The second-order valence-corrected chi connectivity index (χ2v) is 7.63. The van der Waals surface area contributed by atoms with Gasteiger partial charge in [0, 0.05) is 27.9 Å². The highest BCUT2D eigenvalue weighted by molar-refractivity contribution is 7.12. The molecule has 0 bridgehead atoms. The van der Waals surface area contributed by atoms with Crippen LogP contribution >= 0.6 is 34.5 Å². The lowest BCUT2D eigenvalue weighted by Crippen LogP contribution is -2.12. The van der Waals surface area contributed by atoms with Gasteiger partial charge in [-0.15, -0.1) is 11.3 Å². The van der Waals surface area contributed by atoms with Gasteiger partial charge in [0.05, 0.1) is 17.7 Å². The molecule has 0 saturated heterocycles. The first kappa shape index (κ1) is 20.9. The summed E-state index contributed by atoms with van der Waals surface area (Å²) in [6.07, 6.45) is 2.97. The van der Waals surface area contributed by atoms with Crippen LogP contribution in [0.25, 0.3) is 6.08 Å². The number of ether oxygens (including phenoxy) is 1. The van der Waals surface area contributed by atoms with E-state index >= 15 is 0 Å². The molecule has 5 nitrogen and oxygen atoms in total. The molecule has 0 aliphatic carbocycles. The zero-order valence-electron chi connectivity index (χ0n) is 15.2. The molecule has 0 aliphatic heterocycles. The third kappa shape index (κ3) is 5.60. The number of rotatable bonds is 6. The minimum Gasteiger partial charge on any atom is -0.494 e. The Morgan fingerprint density at radius 2 is 1.90 bits per heavy atom. The number of carbonyl (C=O) groups is 2. The van der Waals surface area contributed by atoms with Gasteiger partial charge in [-0.05, 0) is 47.4 Å². The quantitative estimate of drug-likeness (QED) is 0.458. The molecule has 148 valence electrons. The Morgan fingerprint density at radius 1 is 1.07 bits per heavy atom. The Hall–Kier alpha value is -2.80. The number of nitrogens with one attached hydrogen (secondary N) is 2. The van der Waals surface area contributed by atoms with Gasteiger partial charge in [0.2, 0.25) is 5.91 Å². The van der Waals surface area contributed by atoms with Crippen molar-refractivity contribution in [1.29, 1.82) is 0 Å². The van der Waals surface area contributed by atoms with Crippen LogP contribution in [0.2, 0.25) is 10.0 Å². The van der Waals surface area contributed by atoms with E-state index in [4.69, 9.17) is 27.9 Å². The maximum absolute atomic E-state index is 12.2. The van der Waals surface area contributed by atoms with Gasteiger partial charge in [0.25, 0.3) is 5.91 Å². The number of amides is 2. The Bertz CT molecular complexity index is 1070. The third-order valence-electron chi connectivity index (χ3n) is 3.84. The van der Waals surface area contributed by atoms with E-state index in [0.29, 0.717) is 37.6 Å². The third-order valence-corrected chi connectivity index (χ3v) is 5.27. The van der Waals surface area contributed by atoms with E-state index in [2.05, 4.69) is 10.6 Å². The monoisotopic (exact) mass is 446 g/mol. The average molecular weight is 447 g/mol. The molecule has 0 radical (unpaired) electrons. The van der Waals surface area contributed by atoms with E-state index in [1.165, 1.54) is 24.5 Å². The maximum Gasteiger partial charge on any atom is 0.265 e. The first-order valence-electron chi connectivity index (χ1n) is 8.43. The first-order valence-corrected chi connectivity index (χ1v) is 10.1. The van der Waals surface area contributed by atoms with E-state index in [1.54, 1.807) is 54.6 Å². The van der Waals surface area contributed by atoms with Crippen LogP contribution in [0.3, 0.4) is 0 Å². The molecule has 2 N–H and O–H groups in total. The minimum atomic E-state index is -0.339. The molecule has 0 saturated carbocycles. The van der Waals surface area contributed by atoms with Crippen LogP contribution in [0.15, 0.2) is 60.0 Å². The zero-order chi connectivity index (χ0) is 20.8. The predicted octanol–water partition coefficient (Wildman–Crippen LogP) is 5.97. The van der Waals surface area contributed by atoms with Crippen LogP contribution in [-0.4, -0.2) is 18.9 Å². The normalized spacial score (nSPS) is 10.7. The molecular formula is C21H16Cl2N2O3S. The molecule has 2 amide bonds. The van der Waals surface area contributed by atoms with E-state index in [9.17, 15) is 9.59 Å². The van der Waals surface area contributed by atoms with Gasteiger partial charge in [-0.3, -0.25) is 9.59 Å². The number of benzene rings is 2. The Labute approximate surface area is 181 Å². The van der Waals surface area contributed by atoms with Crippen molar-refractivity contribution in [3.63, 3.8) is 0 Å². The SMILES string of the molecule is COc1cc(NC(=O)/C=C/c2ccc(Cl)cc2Cl)ccc1NC(=O)c1cccs1. The molecule has 29 heavy (non-hydrogen) atoms. The lowest BCUT2D eigenvalue weighted by atomic mass is 10.2. The zero-order valence-corrected chi connectivity index (χ0v) is 17.6. The topological polar surface area (TPSA) is 67.4 Å². The van der Waals surface area contributed by atoms with Gasteiger partial charge in [-0.25, -0.2) is 0 Å². The summed E-state index contributed by atoms with van der Waals surface area (Å²) in [6.45, 7) is 0. The minimum absolute atomic E-state index is 0.224. The molecule has 8 heteroatoms. The number of hydrogen-bond acceptors (Lipinski definition) is 4. The van der Waals surface area contributed by atoms with E-state index < -0.39 is 0 Å². The fourth-order valence-corrected chi connectivity index (χ4v) is 3.54. The van der Waals surface area contributed by atoms with Crippen molar-refractivity contribution < 1.29 is 14.3 Å². The summed E-state index contributed by atoms with van der Waals surface area (Å²) in [5.41, 5.74) is 1.70. The molecule has 2 aromatic carbocycles. The second kappa shape index (κ2) is 9.60. The number of anilines is 2. The highest BCUT2D eigenvalue weighted by Crippen LogP contribution is 2.29. The fraction of sp³-hybridized carbons (Fsp3) is 0.0476. The van der Waals surface area contributed by atoms with Gasteiger partial charge in [-0.2, -0.15) is 0 Å². The van der Waals surface area contributed by atoms with Crippen molar-refractivity contribution in [3.05, 3.63) is 80.5 Å².